The van der Waals surface area contributed by atoms with Gasteiger partial charge < -0.3 is 10.1 Å². The highest BCUT2D eigenvalue weighted by Crippen LogP contribution is 2.38. The average molecular weight is 410 g/mol. The predicted molar refractivity (Wildman–Crippen MR) is 93.1 cm³/mol. The molecule has 0 fully saturated rings. The Morgan fingerprint density at radius 1 is 1.00 bits per heavy atom. The van der Waals surface area contributed by atoms with Crippen LogP contribution in [0.25, 0.3) is 0 Å². The number of hydrogen-bond donors (Lipinski definition) is 1. The van der Waals surface area contributed by atoms with Gasteiger partial charge in [-0.05, 0) is 36.4 Å². The van der Waals surface area contributed by atoms with Gasteiger partial charge in [-0.25, -0.2) is 0 Å². The molecular weight excluding hydrogens is 396 g/mol. The van der Waals surface area contributed by atoms with Crippen LogP contribution in [-0.4, -0.2) is 14.2 Å². The van der Waals surface area contributed by atoms with E-state index >= 15 is 0 Å². The van der Waals surface area contributed by atoms with Gasteiger partial charge >= 0.3 is 0 Å². The predicted octanol–water partition coefficient (Wildman–Crippen LogP) is 5.73. The van der Waals surface area contributed by atoms with Gasteiger partial charge in [0, 0.05) is 20.6 Å². The van der Waals surface area contributed by atoms with Gasteiger partial charge in [0.05, 0.1) is 18.2 Å². The van der Waals surface area contributed by atoms with Crippen LogP contribution >= 0.6 is 50.7 Å². The molecule has 0 aliphatic carbocycles. The molecule has 6 heteroatoms. The molecule has 2 nitrogen and oxygen atoms in total. The van der Waals surface area contributed by atoms with Crippen LogP contribution in [-0.2, 0) is 0 Å². The lowest BCUT2D eigenvalue weighted by molar-refractivity contribution is 0.415. The molecule has 21 heavy (non-hydrogen) atoms. The molecule has 2 aromatic carbocycles. The maximum Gasteiger partial charge on any atom is 0.138 e. The minimum Gasteiger partial charge on any atom is -0.495 e. The Morgan fingerprint density at radius 2 is 1.67 bits per heavy atom. The second kappa shape index (κ2) is 7.21. The lowest BCUT2D eigenvalue weighted by atomic mass is 9.98. The zero-order valence-corrected chi connectivity index (χ0v) is 15.2. The van der Waals surface area contributed by atoms with E-state index in [9.17, 15) is 0 Å². The highest BCUT2D eigenvalue weighted by Gasteiger charge is 2.20. The van der Waals surface area contributed by atoms with Crippen molar-refractivity contribution in [1.82, 2.24) is 5.32 Å². The number of ether oxygens (including phenoxy) is 1. The van der Waals surface area contributed by atoms with E-state index in [0.29, 0.717) is 20.8 Å². The summed E-state index contributed by atoms with van der Waals surface area (Å²) in [5.41, 5.74) is 1.76. The standard InChI is InChI=1S/C15H13BrCl3NO/c1-20-15(9-4-3-8(16)5-11(9)17)10-6-13(19)14(21-2)7-12(10)18/h3-7,15,20H,1-2H3. The van der Waals surface area contributed by atoms with E-state index in [1.54, 1.807) is 19.2 Å². The molecule has 0 saturated heterocycles. The maximum atomic E-state index is 6.36. The second-order valence-electron chi connectivity index (χ2n) is 4.40. The van der Waals surface area contributed by atoms with Gasteiger partial charge in [0.25, 0.3) is 0 Å². The molecule has 0 radical (unpaired) electrons. The summed E-state index contributed by atoms with van der Waals surface area (Å²) in [7, 11) is 3.40. The van der Waals surface area contributed by atoms with Crippen LogP contribution in [0.5, 0.6) is 5.75 Å². The van der Waals surface area contributed by atoms with Gasteiger partial charge in [-0.3, -0.25) is 0 Å². The molecule has 2 aromatic rings. The van der Waals surface area contributed by atoms with Crippen LogP contribution < -0.4 is 10.1 Å². The summed E-state index contributed by atoms with van der Waals surface area (Å²) in [4.78, 5) is 0. The Hall–Kier alpha value is -0.450. The van der Waals surface area contributed by atoms with Crippen LogP contribution in [0.4, 0.5) is 0 Å². The van der Waals surface area contributed by atoms with Crippen LogP contribution in [0.3, 0.4) is 0 Å². The lowest BCUT2D eigenvalue weighted by Gasteiger charge is -2.21. The van der Waals surface area contributed by atoms with Crippen molar-refractivity contribution >= 4 is 50.7 Å². The summed E-state index contributed by atoms with van der Waals surface area (Å²) in [6, 6.07) is 9.06. The van der Waals surface area contributed by atoms with E-state index in [2.05, 4.69) is 21.2 Å². The van der Waals surface area contributed by atoms with Gasteiger partial charge in [0.15, 0.2) is 0 Å². The summed E-state index contributed by atoms with van der Waals surface area (Å²) in [5.74, 6) is 0.544. The van der Waals surface area contributed by atoms with Crippen molar-refractivity contribution in [2.75, 3.05) is 14.2 Å². The molecule has 0 bridgehead atoms. The van der Waals surface area contributed by atoms with Crippen molar-refractivity contribution in [2.24, 2.45) is 0 Å². The van der Waals surface area contributed by atoms with Crippen molar-refractivity contribution in [3.63, 3.8) is 0 Å². The summed E-state index contributed by atoms with van der Waals surface area (Å²) in [6.45, 7) is 0. The first-order valence-corrected chi connectivity index (χ1v) is 8.05. The normalized spacial score (nSPS) is 12.3. The molecule has 0 aliphatic rings. The largest absolute Gasteiger partial charge is 0.495 e. The first-order chi connectivity index (χ1) is 9.97. The number of rotatable bonds is 4. The zero-order valence-electron chi connectivity index (χ0n) is 11.4. The first-order valence-electron chi connectivity index (χ1n) is 6.13. The van der Waals surface area contributed by atoms with E-state index in [4.69, 9.17) is 39.5 Å². The second-order valence-corrected chi connectivity index (χ2v) is 6.53. The van der Waals surface area contributed by atoms with E-state index in [-0.39, 0.29) is 6.04 Å². The molecule has 0 saturated carbocycles. The SMILES string of the molecule is CNC(c1ccc(Br)cc1Cl)c1cc(Cl)c(OC)cc1Cl. The summed E-state index contributed by atoms with van der Waals surface area (Å²) in [6.07, 6.45) is 0. The third-order valence-corrected chi connectivity index (χ3v) is 4.59. The average Bonchev–Trinajstić information content (AvgIpc) is 2.45. The molecular formula is C15H13BrCl3NO. The molecule has 1 N–H and O–H groups in total. The molecule has 0 heterocycles. The Labute approximate surface area is 147 Å². The number of nitrogens with one attached hydrogen (secondary N) is 1. The summed E-state index contributed by atoms with van der Waals surface area (Å²) < 4.78 is 6.09. The highest BCUT2D eigenvalue weighted by atomic mass is 79.9. The number of benzene rings is 2. The minimum atomic E-state index is -0.165. The zero-order chi connectivity index (χ0) is 15.6. The Bertz CT molecular complexity index is 664. The Balaban J connectivity index is 2.53. The molecule has 0 amide bonds. The van der Waals surface area contributed by atoms with Gasteiger partial charge in [-0.1, -0.05) is 56.8 Å². The van der Waals surface area contributed by atoms with E-state index < -0.39 is 0 Å². The molecule has 0 aliphatic heterocycles. The fourth-order valence-electron chi connectivity index (χ4n) is 2.14. The quantitative estimate of drug-likeness (QED) is 0.697. The topological polar surface area (TPSA) is 21.3 Å². The van der Waals surface area contributed by atoms with Gasteiger partial charge in [0.2, 0.25) is 0 Å². The van der Waals surface area contributed by atoms with Crippen LogP contribution in [0.2, 0.25) is 15.1 Å². The van der Waals surface area contributed by atoms with Crippen molar-refractivity contribution in [3.05, 3.63) is 61.0 Å². The van der Waals surface area contributed by atoms with Gasteiger partial charge in [-0.2, -0.15) is 0 Å². The smallest absolute Gasteiger partial charge is 0.138 e. The van der Waals surface area contributed by atoms with Gasteiger partial charge in [0.1, 0.15) is 5.75 Å². The third-order valence-electron chi connectivity index (χ3n) is 3.14. The molecule has 1 atom stereocenters. The minimum absolute atomic E-state index is 0.165. The van der Waals surface area contributed by atoms with Gasteiger partial charge in [-0.15, -0.1) is 0 Å². The molecule has 112 valence electrons. The monoisotopic (exact) mass is 407 g/mol. The molecule has 1 unspecified atom stereocenters. The molecule has 0 spiro atoms. The first kappa shape index (κ1) is 16.9. The fraction of sp³-hybridized carbons (Fsp3) is 0.200. The number of hydrogen-bond acceptors (Lipinski definition) is 2. The van der Waals surface area contributed by atoms with E-state index in [1.165, 1.54) is 0 Å². The fourth-order valence-corrected chi connectivity index (χ4v) is 3.43. The number of halogens is 4. The van der Waals surface area contributed by atoms with Crippen molar-refractivity contribution in [1.29, 1.82) is 0 Å². The Morgan fingerprint density at radius 3 is 2.24 bits per heavy atom. The Kier molecular flexibility index (Phi) is 5.81. The van der Waals surface area contributed by atoms with Crippen LogP contribution in [0.1, 0.15) is 17.2 Å². The van der Waals surface area contributed by atoms with Crippen molar-refractivity contribution < 1.29 is 4.74 Å². The summed E-state index contributed by atoms with van der Waals surface area (Å²) in [5, 5.41) is 4.93. The number of methoxy groups -OCH3 is 1. The molecule has 0 aromatic heterocycles. The summed E-state index contributed by atoms with van der Waals surface area (Å²) >= 11 is 22.3. The van der Waals surface area contributed by atoms with E-state index in [1.807, 2.05) is 25.2 Å². The highest BCUT2D eigenvalue weighted by molar-refractivity contribution is 9.10. The maximum absolute atomic E-state index is 6.36. The molecule has 2 rings (SSSR count). The van der Waals surface area contributed by atoms with Crippen LogP contribution in [0, 0.1) is 0 Å². The lowest BCUT2D eigenvalue weighted by Crippen LogP contribution is -2.18. The van der Waals surface area contributed by atoms with Crippen molar-refractivity contribution in [3.8, 4) is 5.75 Å². The van der Waals surface area contributed by atoms with E-state index in [0.717, 1.165) is 15.6 Å². The van der Waals surface area contributed by atoms with Crippen LogP contribution in [0.15, 0.2) is 34.8 Å². The third kappa shape index (κ3) is 3.66. The van der Waals surface area contributed by atoms with Crippen molar-refractivity contribution in [2.45, 2.75) is 6.04 Å².